The second-order valence-electron chi connectivity index (χ2n) is 4.64. The number of nitrogens with zero attached hydrogens (tertiary/aromatic N) is 2. The molecule has 20 heavy (non-hydrogen) atoms. The molecule has 1 atom stereocenters. The van der Waals surface area contributed by atoms with Gasteiger partial charge in [-0.3, -0.25) is 4.79 Å². The topological polar surface area (TPSA) is 45.2 Å². The van der Waals surface area contributed by atoms with Crippen LogP contribution in [0.3, 0.4) is 0 Å². The molecule has 0 spiro atoms. The zero-order valence-electron chi connectivity index (χ0n) is 10.8. The lowest BCUT2D eigenvalue weighted by Gasteiger charge is -2.23. The summed E-state index contributed by atoms with van der Waals surface area (Å²) in [5.74, 6) is -0.595. The Kier molecular flexibility index (Phi) is 3.64. The quantitative estimate of drug-likeness (QED) is 0.945. The molecule has 1 N–H and O–H groups in total. The molecule has 1 aliphatic heterocycles. The average Bonchev–Trinajstić information content (AvgIpc) is 3.11. The highest BCUT2D eigenvalue weighted by Gasteiger charge is 2.32. The number of para-hydroxylation sites is 1. The van der Waals surface area contributed by atoms with Gasteiger partial charge < -0.3 is 10.2 Å². The molecule has 2 aromatic rings. The van der Waals surface area contributed by atoms with Gasteiger partial charge in [0.25, 0.3) is 0 Å². The van der Waals surface area contributed by atoms with Gasteiger partial charge in [-0.25, -0.2) is 9.37 Å². The zero-order chi connectivity index (χ0) is 13.9. The van der Waals surface area contributed by atoms with E-state index in [-0.39, 0.29) is 17.6 Å². The lowest BCUT2D eigenvalue weighted by molar-refractivity contribution is -0.117. The summed E-state index contributed by atoms with van der Waals surface area (Å²) >= 11 is 1.51. The Hall–Kier alpha value is -1.95. The molecule has 0 aliphatic carbocycles. The first-order chi connectivity index (χ1) is 9.75. The van der Waals surface area contributed by atoms with Crippen LogP contribution in [0.15, 0.2) is 35.8 Å². The van der Waals surface area contributed by atoms with Crippen LogP contribution in [-0.4, -0.2) is 23.5 Å². The third kappa shape index (κ3) is 2.51. The number of hydrogen-bond donors (Lipinski definition) is 1. The summed E-state index contributed by atoms with van der Waals surface area (Å²) in [7, 11) is 0. The van der Waals surface area contributed by atoms with Crippen molar-refractivity contribution >= 4 is 28.1 Å². The first-order valence-electron chi connectivity index (χ1n) is 6.47. The smallest absolute Gasteiger partial charge is 0.247 e. The molecule has 1 fully saturated rings. The maximum absolute atomic E-state index is 13.6. The number of hydrogen-bond acceptors (Lipinski definition) is 4. The number of nitrogens with one attached hydrogen (secondary N) is 1. The average molecular weight is 291 g/mol. The Labute approximate surface area is 120 Å². The van der Waals surface area contributed by atoms with Gasteiger partial charge in [0.15, 0.2) is 5.13 Å². The van der Waals surface area contributed by atoms with Gasteiger partial charge in [0.2, 0.25) is 5.91 Å². The van der Waals surface area contributed by atoms with Crippen LogP contribution in [0.5, 0.6) is 0 Å². The van der Waals surface area contributed by atoms with Crippen molar-refractivity contribution in [2.24, 2.45) is 0 Å². The SMILES string of the molecule is O=C(Nc1ccccc1F)C1CCCN1c1nccs1. The van der Waals surface area contributed by atoms with Gasteiger partial charge in [0.05, 0.1) is 5.69 Å². The minimum absolute atomic E-state index is 0.178. The first-order valence-corrected chi connectivity index (χ1v) is 7.35. The molecule has 1 aliphatic rings. The molecule has 0 bridgehead atoms. The molecule has 1 amide bonds. The van der Waals surface area contributed by atoms with Crippen LogP contribution < -0.4 is 10.2 Å². The van der Waals surface area contributed by atoms with Gasteiger partial charge in [0, 0.05) is 18.1 Å². The largest absolute Gasteiger partial charge is 0.336 e. The number of anilines is 2. The molecule has 104 valence electrons. The van der Waals surface area contributed by atoms with E-state index in [0.29, 0.717) is 0 Å². The number of thiazole rings is 1. The normalized spacial score (nSPS) is 18.2. The highest BCUT2D eigenvalue weighted by atomic mass is 32.1. The zero-order valence-corrected chi connectivity index (χ0v) is 11.6. The molecular weight excluding hydrogens is 277 g/mol. The van der Waals surface area contributed by atoms with Gasteiger partial charge >= 0.3 is 0 Å². The molecule has 1 unspecified atom stereocenters. The predicted octanol–water partition coefficient (Wildman–Crippen LogP) is 2.89. The van der Waals surface area contributed by atoms with Crippen molar-refractivity contribution in [1.82, 2.24) is 4.98 Å². The third-order valence-corrected chi connectivity index (χ3v) is 4.16. The molecule has 3 rings (SSSR count). The molecular formula is C14H14FN3OS. The van der Waals surface area contributed by atoms with E-state index >= 15 is 0 Å². The Balaban J connectivity index is 1.75. The molecule has 1 aromatic carbocycles. The molecule has 1 aromatic heterocycles. The Morgan fingerprint density at radius 2 is 2.30 bits per heavy atom. The summed E-state index contributed by atoms with van der Waals surface area (Å²) in [5.41, 5.74) is 0.225. The van der Waals surface area contributed by atoms with Crippen molar-refractivity contribution in [1.29, 1.82) is 0 Å². The number of carbonyl (C=O) groups is 1. The van der Waals surface area contributed by atoms with Crippen molar-refractivity contribution in [3.63, 3.8) is 0 Å². The molecule has 0 radical (unpaired) electrons. The van der Waals surface area contributed by atoms with Gasteiger partial charge in [-0.1, -0.05) is 12.1 Å². The van der Waals surface area contributed by atoms with E-state index in [1.54, 1.807) is 24.4 Å². The van der Waals surface area contributed by atoms with Gasteiger partial charge in [0.1, 0.15) is 11.9 Å². The number of rotatable bonds is 3. The molecule has 0 saturated carbocycles. The predicted molar refractivity (Wildman–Crippen MR) is 77.5 cm³/mol. The number of amides is 1. The van der Waals surface area contributed by atoms with Crippen LogP contribution >= 0.6 is 11.3 Å². The van der Waals surface area contributed by atoms with E-state index in [9.17, 15) is 9.18 Å². The van der Waals surface area contributed by atoms with Crippen molar-refractivity contribution in [2.45, 2.75) is 18.9 Å². The summed E-state index contributed by atoms with van der Waals surface area (Å²) in [6.07, 6.45) is 3.43. The van der Waals surface area contributed by atoms with Crippen LogP contribution in [0, 0.1) is 5.82 Å². The standard InChI is InChI=1S/C14H14FN3OS/c15-10-4-1-2-5-11(10)17-13(19)12-6-3-8-18(12)14-16-7-9-20-14/h1-2,4-5,7,9,12H,3,6,8H2,(H,17,19). The van der Waals surface area contributed by atoms with E-state index < -0.39 is 5.82 Å². The van der Waals surface area contributed by atoms with Gasteiger partial charge in [-0.2, -0.15) is 0 Å². The Morgan fingerprint density at radius 3 is 3.05 bits per heavy atom. The highest BCUT2D eigenvalue weighted by Crippen LogP contribution is 2.28. The molecule has 4 nitrogen and oxygen atoms in total. The Morgan fingerprint density at radius 1 is 1.45 bits per heavy atom. The van der Waals surface area contributed by atoms with Crippen LogP contribution in [-0.2, 0) is 4.79 Å². The first kappa shape index (κ1) is 13.1. The molecule has 1 saturated heterocycles. The maximum Gasteiger partial charge on any atom is 0.247 e. The van der Waals surface area contributed by atoms with Gasteiger partial charge in [-0.05, 0) is 25.0 Å². The van der Waals surface area contributed by atoms with Crippen molar-refractivity contribution in [2.75, 3.05) is 16.8 Å². The van der Waals surface area contributed by atoms with Crippen molar-refractivity contribution in [3.8, 4) is 0 Å². The highest BCUT2D eigenvalue weighted by molar-refractivity contribution is 7.13. The monoisotopic (exact) mass is 291 g/mol. The van der Waals surface area contributed by atoms with E-state index in [2.05, 4.69) is 10.3 Å². The second-order valence-corrected chi connectivity index (χ2v) is 5.51. The fourth-order valence-corrected chi connectivity index (χ4v) is 3.12. The summed E-state index contributed by atoms with van der Waals surface area (Å²) in [5, 5.41) is 5.40. The number of benzene rings is 1. The summed E-state index contributed by atoms with van der Waals surface area (Å²) in [4.78, 5) is 18.6. The fraction of sp³-hybridized carbons (Fsp3) is 0.286. The van der Waals surface area contributed by atoms with Crippen LogP contribution in [0.25, 0.3) is 0 Å². The van der Waals surface area contributed by atoms with Crippen LogP contribution in [0.1, 0.15) is 12.8 Å². The van der Waals surface area contributed by atoms with Crippen LogP contribution in [0.2, 0.25) is 0 Å². The van der Waals surface area contributed by atoms with Crippen LogP contribution in [0.4, 0.5) is 15.2 Å². The van der Waals surface area contributed by atoms with Crippen molar-refractivity contribution < 1.29 is 9.18 Å². The maximum atomic E-state index is 13.6. The minimum atomic E-state index is -0.417. The molecule has 6 heteroatoms. The van der Waals surface area contributed by atoms with Crippen molar-refractivity contribution in [3.05, 3.63) is 41.7 Å². The molecule has 2 heterocycles. The Bertz CT molecular complexity index is 602. The third-order valence-electron chi connectivity index (χ3n) is 3.35. The second kappa shape index (κ2) is 5.58. The van der Waals surface area contributed by atoms with E-state index in [4.69, 9.17) is 0 Å². The lowest BCUT2D eigenvalue weighted by Crippen LogP contribution is -2.39. The lowest BCUT2D eigenvalue weighted by atomic mass is 10.2. The summed E-state index contributed by atoms with van der Waals surface area (Å²) in [6.45, 7) is 0.808. The van der Waals surface area contributed by atoms with Gasteiger partial charge in [-0.15, -0.1) is 11.3 Å². The fourth-order valence-electron chi connectivity index (χ4n) is 2.40. The minimum Gasteiger partial charge on any atom is -0.336 e. The summed E-state index contributed by atoms with van der Waals surface area (Å²) in [6, 6.07) is 5.92. The van der Waals surface area contributed by atoms with E-state index in [1.807, 2.05) is 10.3 Å². The van der Waals surface area contributed by atoms with E-state index in [0.717, 1.165) is 24.5 Å². The summed E-state index contributed by atoms with van der Waals surface area (Å²) < 4.78 is 13.6. The van der Waals surface area contributed by atoms with E-state index in [1.165, 1.54) is 17.4 Å². The number of carbonyl (C=O) groups excluding carboxylic acids is 1. The number of aromatic nitrogens is 1. The number of halogens is 1.